The lowest BCUT2D eigenvalue weighted by Crippen LogP contribution is -2.40. The molecule has 0 radical (unpaired) electrons. The highest BCUT2D eigenvalue weighted by atomic mass is 19.3. The van der Waals surface area contributed by atoms with E-state index in [1.807, 2.05) is 0 Å². The van der Waals surface area contributed by atoms with E-state index < -0.39 is 18.6 Å². The molecule has 0 aliphatic carbocycles. The number of halogens is 2. The van der Waals surface area contributed by atoms with Crippen molar-refractivity contribution in [3.63, 3.8) is 0 Å². The summed E-state index contributed by atoms with van der Waals surface area (Å²) in [5.41, 5.74) is 0.428. The van der Waals surface area contributed by atoms with E-state index in [0.29, 0.717) is 18.7 Å². The van der Waals surface area contributed by atoms with Crippen molar-refractivity contribution in [2.75, 3.05) is 18.4 Å². The number of hydrogen-bond acceptors (Lipinski definition) is 4. The molecule has 120 valence electrons. The van der Waals surface area contributed by atoms with Crippen LogP contribution in [0.5, 0.6) is 5.75 Å². The first-order valence-electron chi connectivity index (χ1n) is 6.77. The summed E-state index contributed by atoms with van der Waals surface area (Å²) in [6.45, 7) is -2.36. The lowest BCUT2D eigenvalue weighted by molar-refractivity contribution is -0.142. The van der Waals surface area contributed by atoms with Crippen LogP contribution >= 0.6 is 0 Å². The molecular formula is C14H16F2N2O4. The first-order valence-corrected chi connectivity index (χ1v) is 6.77. The Labute approximate surface area is 125 Å². The predicted molar refractivity (Wildman–Crippen MR) is 73.9 cm³/mol. The Morgan fingerprint density at radius 3 is 2.64 bits per heavy atom. The zero-order chi connectivity index (χ0) is 16.1. The Bertz CT molecular complexity index is 536. The minimum atomic E-state index is -2.90. The van der Waals surface area contributed by atoms with Gasteiger partial charge in [0.2, 0.25) is 5.91 Å². The van der Waals surface area contributed by atoms with Gasteiger partial charge in [-0.15, -0.1) is 0 Å². The van der Waals surface area contributed by atoms with Crippen LogP contribution in [0.1, 0.15) is 12.8 Å². The number of carboxylic acids is 1. The number of alkyl halides is 2. The van der Waals surface area contributed by atoms with Gasteiger partial charge < -0.3 is 15.2 Å². The Hall–Kier alpha value is -2.22. The number of carbonyl (C=O) groups is 2. The van der Waals surface area contributed by atoms with Gasteiger partial charge in [0, 0.05) is 5.69 Å². The van der Waals surface area contributed by atoms with E-state index in [0.717, 1.165) is 6.42 Å². The molecular weight excluding hydrogens is 298 g/mol. The highest BCUT2D eigenvalue weighted by molar-refractivity contribution is 5.92. The first-order chi connectivity index (χ1) is 10.5. The molecule has 2 rings (SSSR count). The number of nitrogens with one attached hydrogen (secondary N) is 1. The average molecular weight is 314 g/mol. The number of amides is 1. The van der Waals surface area contributed by atoms with Gasteiger partial charge in [-0.1, -0.05) is 0 Å². The fraction of sp³-hybridized carbons (Fsp3) is 0.429. The largest absolute Gasteiger partial charge is 0.480 e. The third kappa shape index (κ3) is 4.39. The maximum atomic E-state index is 12.0. The normalized spacial score (nSPS) is 18.4. The van der Waals surface area contributed by atoms with Crippen LogP contribution in [-0.4, -0.2) is 47.6 Å². The van der Waals surface area contributed by atoms with Crippen LogP contribution in [0.3, 0.4) is 0 Å². The summed E-state index contributed by atoms with van der Waals surface area (Å²) in [7, 11) is 0. The van der Waals surface area contributed by atoms with Gasteiger partial charge in [-0.05, 0) is 43.7 Å². The highest BCUT2D eigenvalue weighted by Crippen LogP contribution is 2.19. The topological polar surface area (TPSA) is 78.9 Å². The van der Waals surface area contributed by atoms with Crippen molar-refractivity contribution in [1.29, 1.82) is 0 Å². The summed E-state index contributed by atoms with van der Waals surface area (Å²) >= 11 is 0. The molecule has 0 unspecified atom stereocenters. The molecule has 1 aromatic carbocycles. The molecule has 1 fully saturated rings. The molecule has 8 heteroatoms. The molecule has 0 spiro atoms. The molecule has 1 heterocycles. The van der Waals surface area contributed by atoms with Crippen molar-refractivity contribution in [3.05, 3.63) is 24.3 Å². The van der Waals surface area contributed by atoms with Crippen molar-refractivity contribution < 1.29 is 28.2 Å². The maximum absolute atomic E-state index is 12.0. The van der Waals surface area contributed by atoms with E-state index in [9.17, 15) is 18.4 Å². The third-order valence-corrected chi connectivity index (χ3v) is 3.36. The van der Waals surface area contributed by atoms with Crippen molar-refractivity contribution >= 4 is 17.6 Å². The van der Waals surface area contributed by atoms with Crippen LogP contribution in [0.4, 0.5) is 14.5 Å². The lowest BCUT2D eigenvalue weighted by atomic mass is 10.2. The summed E-state index contributed by atoms with van der Waals surface area (Å²) in [5.74, 6) is -1.28. The Morgan fingerprint density at radius 1 is 1.36 bits per heavy atom. The number of nitrogens with zero attached hydrogens (tertiary/aromatic N) is 1. The Morgan fingerprint density at radius 2 is 2.05 bits per heavy atom. The van der Waals surface area contributed by atoms with E-state index in [1.165, 1.54) is 24.3 Å². The first kappa shape index (κ1) is 16.2. The van der Waals surface area contributed by atoms with Crippen LogP contribution in [-0.2, 0) is 9.59 Å². The molecule has 0 saturated carbocycles. The summed E-state index contributed by atoms with van der Waals surface area (Å²) in [4.78, 5) is 24.5. The summed E-state index contributed by atoms with van der Waals surface area (Å²) in [5, 5.41) is 11.6. The van der Waals surface area contributed by atoms with Gasteiger partial charge in [-0.25, -0.2) is 0 Å². The zero-order valence-corrected chi connectivity index (χ0v) is 11.7. The average Bonchev–Trinajstić information content (AvgIpc) is 2.88. The molecule has 1 atom stereocenters. The maximum Gasteiger partial charge on any atom is 0.387 e. The number of hydrogen-bond donors (Lipinski definition) is 2. The number of carboxylic acid groups (broad SMARTS) is 1. The molecule has 1 aliphatic heterocycles. The van der Waals surface area contributed by atoms with Gasteiger partial charge in [-0.3, -0.25) is 14.5 Å². The second-order valence-electron chi connectivity index (χ2n) is 4.92. The van der Waals surface area contributed by atoms with E-state index in [-0.39, 0.29) is 18.2 Å². The molecule has 0 aromatic heterocycles. The molecule has 2 N–H and O–H groups in total. The standard InChI is InChI=1S/C14H16F2N2O4/c15-14(16)22-10-5-3-9(4-6-10)17-12(19)8-18-7-1-2-11(18)13(20)21/h3-6,11,14H,1-2,7-8H2,(H,17,19)(H,20,21)/t11-/m0/s1. The van der Waals surface area contributed by atoms with E-state index in [1.54, 1.807) is 4.90 Å². The van der Waals surface area contributed by atoms with Crippen LogP contribution in [0.15, 0.2) is 24.3 Å². The smallest absolute Gasteiger partial charge is 0.387 e. The lowest BCUT2D eigenvalue weighted by Gasteiger charge is -2.20. The minimum absolute atomic E-state index is 0.00140. The van der Waals surface area contributed by atoms with Crippen molar-refractivity contribution in [3.8, 4) is 5.75 Å². The zero-order valence-electron chi connectivity index (χ0n) is 11.7. The molecule has 6 nitrogen and oxygen atoms in total. The number of anilines is 1. The molecule has 22 heavy (non-hydrogen) atoms. The minimum Gasteiger partial charge on any atom is -0.480 e. The van der Waals surface area contributed by atoms with E-state index in [2.05, 4.69) is 10.1 Å². The number of rotatable bonds is 6. The fourth-order valence-corrected chi connectivity index (χ4v) is 2.40. The SMILES string of the molecule is O=C(CN1CCC[C@H]1C(=O)O)Nc1ccc(OC(F)F)cc1. The summed E-state index contributed by atoms with van der Waals surface area (Å²) < 4.78 is 28.2. The number of carbonyl (C=O) groups excluding carboxylic acids is 1. The predicted octanol–water partition coefficient (Wildman–Crippen LogP) is 1.78. The van der Waals surface area contributed by atoms with Crippen molar-refractivity contribution in [2.45, 2.75) is 25.5 Å². The van der Waals surface area contributed by atoms with E-state index >= 15 is 0 Å². The monoisotopic (exact) mass is 314 g/mol. The molecule has 1 amide bonds. The van der Waals surface area contributed by atoms with Gasteiger partial charge in [-0.2, -0.15) is 8.78 Å². The Kier molecular flexibility index (Phi) is 5.26. The molecule has 1 aromatic rings. The quantitative estimate of drug-likeness (QED) is 0.837. The van der Waals surface area contributed by atoms with Crippen LogP contribution in [0.2, 0.25) is 0 Å². The van der Waals surface area contributed by atoms with Crippen LogP contribution in [0, 0.1) is 0 Å². The molecule has 0 bridgehead atoms. The number of ether oxygens (including phenoxy) is 1. The third-order valence-electron chi connectivity index (χ3n) is 3.36. The Balaban J connectivity index is 1.88. The highest BCUT2D eigenvalue weighted by Gasteiger charge is 2.31. The number of benzene rings is 1. The molecule has 1 aliphatic rings. The number of likely N-dealkylation sites (tertiary alicyclic amines) is 1. The van der Waals surface area contributed by atoms with Crippen molar-refractivity contribution in [2.24, 2.45) is 0 Å². The van der Waals surface area contributed by atoms with Gasteiger partial charge in [0.15, 0.2) is 0 Å². The fourth-order valence-electron chi connectivity index (χ4n) is 2.40. The van der Waals surface area contributed by atoms with Crippen LogP contribution in [0.25, 0.3) is 0 Å². The van der Waals surface area contributed by atoms with Gasteiger partial charge in [0.05, 0.1) is 6.54 Å². The number of aliphatic carboxylic acids is 1. The summed E-state index contributed by atoms with van der Waals surface area (Å²) in [6, 6.07) is 4.88. The van der Waals surface area contributed by atoms with E-state index in [4.69, 9.17) is 5.11 Å². The van der Waals surface area contributed by atoms with Gasteiger partial charge in [0.1, 0.15) is 11.8 Å². The van der Waals surface area contributed by atoms with Gasteiger partial charge >= 0.3 is 12.6 Å². The van der Waals surface area contributed by atoms with Gasteiger partial charge in [0.25, 0.3) is 0 Å². The van der Waals surface area contributed by atoms with Crippen molar-refractivity contribution in [1.82, 2.24) is 4.90 Å². The molecule has 1 saturated heterocycles. The summed E-state index contributed by atoms with van der Waals surface area (Å²) in [6.07, 6.45) is 1.27. The van der Waals surface area contributed by atoms with Crippen LogP contribution < -0.4 is 10.1 Å². The second-order valence-corrected chi connectivity index (χ2v) is 4.92. The second kappa shape index (κ2) is 7.17.